The maximum Gasteiger partial charge on any atom is 0.159 e. The molecule has 0 aliphatic carbocycles. The van der Waals surface area contributed by atoms with Gasteiger partial charge >= 0.3 is 0 Å². The van der Waals surface area contributed by atoms with Gasteiger partial charge < -0.3 is 9.88 Å². The minimum absolute atomic E-state index is 0.236. The van der Waals surface area contributed by atoms with Gasteiger partial charge in [0.1, 0.15) is 12.0 Å². The summed E-state index contributed by atoms with van der Waals surface area (Å²) in [7, 11) is 0. The van der Waals surface area contributed by atoms with Crippen LogP contribution in [0.3, 0.4) is 0 Å². The van der Waals surface area contributed by atoms with Crippen molar-refractivity contribution >= 4 is 44.2 Å². The Morgan fingerprint density at radius 3 is 2.12 bits per heavy atom. The van der Waals surface area contributed by atoms with Gasteiger partial charge in [0.05, 0.1) is 11.0 Å². The maximum atomic E-state index is 5.04. The van der Waals surface area contributed by atoms with Gasteiger partial charge in [-0.15, -0.1) is 0 Å². The molecule has 7 aromatic rings. The third kappa shape index (κ3) is 4.00. The smallest absolute Gasteiger partial charge is 0.159 e. The van der Waals surface area contributed by atoms with E-state index in [1.165, 1.54) is 32.6 Å². The number of para-hydroxylation sites is 1. The first-order valence-corrected chi connectivity index (χ1v) is 13.9. The molecule has 0 bridgehead atoms. The number of fused-ring (bicyclic) bond motifs is 5. The molecule has 8 rings (SSSR count). The zero-order valence-corrected chi connectivity index (χ0v) is 22.3. The molecule has 1 aliphatic rings. The van der Waals surface area contributed by atoms with E-state index in [-0.39, 0.29) is 6.17 Å². The summed E-state index contributed by atoms with van der Waals surface area (Å²) >= 11 is 0. The zero-order chi connectivity index (χ0) is 27.2. The quantitative estimate of drug-likeness (QED) is 0.246. The lowest BCUT2D eigenvalue weighted by molar-refractivity contribution is 0.674. The number of nitrogens with one attached hydrogen (secondary N) is 1. The summed E-state index contributed by atoms with van der Waals surface area (Å²) in [4.78, 5) is 10.0. The normalized spacial score (nSPS) is 15.1. The first kappa shape index (κ1) is 23.4. The number of hydrogen-bond acceptors (Lipinski definition) is 3. The Bertz CT molecular complexity index is 2120. The van der Waals surface area contributed by atoms with Crippen LogP contribution in [0.4, 0.5) is 0 Å². The molecule has 4 nitrogen and oxygen atoms in total. The van der Waals surface area contributed by atoms with E-state index in [4.69, 9.17) is 9.98 Å². The summed E-state index contributed by atoms with van der Waals surface area (Å²) in [5.74, 6) is 1.53. The number of nitrogens with zero attached hydrogens (tertiary/aromatic N) is 3. The van der Waals surface area contributed by atoms with E-state index in [0.717, 1.165) is 34.0 Å². The first-order chi connectivity index (χ1) is 20.3. The standard InChI is InChI=1S/C37H26N4/c1-3-13-26(14-4-1)35-38-36(27-15-5-2-6-16-27)40-37(39-35)28-17-11-18-29(24-28)41-33-21-10-9-20-31(33)32-23-22-25-12-7-8-19-30(25)34(32)41/h1-24,35H,(H,38,39,40). The molecule has 1 aliphatic heterocycles. The molecular formula is C37H26N4. The summed E-state index contributed by atoms with van der Waals surface area (Å²) < 4.78 is 2.39. The van der Waals surface area contributed by atoms with Crippen molar-refractivity contribution in [2.24, 2.45) is 9.98 Å². The molecule has 0 fully saturated rings. The van der Waals surface area contributed by atoms with Gasteiger partial charge in [0.2, 0.25) is 0 Å². The van der Waals surface area contributed by atoms with Gasteiger partial charge in [0, 0.05) is 33.0 Å². The molecule has 1 aromatic heterocycles. The van der Waals surface area contributed by atoms with Crippen molar-refractivity contribution in [3.63, 3.8) is 0 Å². The van der Waals surface area contributed by atoms with Crippen molar-refractivity contribution in [3.05, 3.63) is 162 Å². The van der Waals surface area contributed by atoms with Crippen LogP contribution in [0, 0.1) is 0 Å². The van der Waals surface area contributed by atoms with Gasteiger partial charge in [-0.2, -0.15) is 0 Å². The Morgan fingerprint density at radius 1 is 0.561 bits per heavy atom. The van der Waals surface area contributed by atoms with Gasteiger partial charge in [0.15, 0.2) is 5.84 Å². The topological polar surface area (TPSA) is 41.7 Å². The molecule has 194 valence electrons. The van der Waals surface area contributed by atoms with Gasteiger partial charge in [0.25, 0.3) is 0 Å². The van der Waals surface area contributed by atoms with Gasteiger partial charge in [-0.25, -0.2) is 9.98 Å². The minimum atomic E-state index is -0.236. The Labute approximate surface area is 237 Å². The number of rotatable bonds is 4. The predicted molar refractivity (Wildman–Crippen MR) is 170 cm³/mol. The zero-order valence-electron chi connectivity index (χ0n) is 22.3. The summed E-state index contributed by atoms with van der Waals surface area (Å²) in [5, 5.41) is 8.58. The Balaban J connectivity index is 1.32. The SMILES string of the molecule is c1ccc(C2=NC(c3ccccc3)NC(c3cccc(-n4c5ccccc5c5ccc6ccccc6c54)c3)=N2)cc1. The molecular weight excluding hydrogens is 500 g/mol. The largest absolute Gasteiger partial charge is 0.344 e. The molecule has 1 atom stereocenters. The van der Waals surface area contributed by atoms with Crippen LogP contribution in [0.2, 0.25) is 0 Å². The average molecular weight is 527 g/mol. The summed E-state index contributed by atoms with van der Waals surface area (Å²) in [6.07, 6.45) is -0.236. The van der Waals surface area contributed by atoms with Crippen molar-refractivity contribution in [2.45, 2.75) is 6.17 Å². The number of benzene rings is 6. The number of amidine groups is 2. The van der Waals surface area contributed by atoms with E-state index in [0.29, 0.717) is 0 Å². The van der Waals surface area contributed by atoms with Crippen molar-refractivity contribution < 1.29 is 0 Å². The lowest BCUT2D eigenvalue weighted by atomic mass is 10.1. The van der Waals surface area contributed by atoms with Gasteiger partial charge in [-0.3, -0.25) is 0 Å². The molecule has 41 heavy (non-hydrogen) atoms. The van der Waals surface area contributed by atoms with Crippen LogP contribution >= 0.6 is 0 Å². The summed E-state index contributed by atoms with van der Waals surface area (Å²) in [6.45, 7) is 0. The van der Waals surface area contributed by atoms with Crippen LogP contribution in [0.25, 0.3) is 38.3 Å². The lowest BCUT2D eigenvalue weighted by Crippen LogP contribution is -2.33. The molecule has 1 N–H and O–H groups in total. The van der Waals surface area contributed by atoms with Crippen LogP contribution < -0.4 is 5.32 Å². The molecule has 0 spiro atoms. The minimum Gasteiger partial charge on any atom is -0.344 e. The molecule has 1 unspecified atom stereocenters. The van der Waals surface area contributed by atoms with Gasteiger partial charge in [-0.05, 0) is 29.1 Å². The van der Waals surface area contributed by atoms with E-state index in [1.54, 1.807) is 0 Å². The van der Waals surface area contributed by atoms with Crippen LogP contribution in [0.5, 0.6) is 0 Å². The lowest BCUT2D eigenvalue weighted by Gasteiger charge is -2.24. The second kappa shape index (κ2) is 9.61. The fraction of sp³-hybridized carbons (Fsp3) is 0.0270. The molecule has 0 radical (unpaired) electrons. The number of hydrogen-bond donors (Lipinski definition) is 1. The molecule has 0 amide bonds. The molecule has 6 aromatic carbocycles. The van der Waals surface area contributed by atoms with Crippen molar-refractivity contribution in [1.29, 1.82) is 0 Å². The fourth-order valence-corrected chi connectivity index (χ4v) is 5.91. The third-order valence-corrected chi connectivity index (χ3v) is 7.83. The number of aromatic nitrogens is 1. The Morgan fingerprint density at radius 2 is 1.27 bits per heavy atom. The Hall–Kier alpha value is -5.48. The van der Waals surface area contributed by atoms with E-state index < -0.39 is 0 Å². The van der Waals surface area contributed by atoms with E-state index in [2.05, 4.69) is 119 Å². The number of aliphatic imine (C=N–C) groups is 2. The highest BCUT2D eigenvalue weighted by Gasteiger charge is 2.22. The van der Waals surface area contributed by atoms with E-state index >= 15 is 0 Å². The Kier molecular flexibility index (Phi) is 5.49. The average Bonchev–Trinajstić information content (AvgIpc) is 3.40. The monoisotopic (exact) mass is 526 g/mol. The van der Waals surface area contributed by atoms with E-state index in [1.807, 2.05) is 36.4 Å². The van der Waals surface area contributed by atoms with Crippen LogP contribution in [0.1, 0.15) is 22.9 Å². The molecule has 0 saturated carbocycles. The third-order valence-electron chi connectivity index (χ3n) is 7.83. The molecule has 0 saturated heterocycles. The molecule has 4 heteroatoms. The second-order valence-corrected chi connectivity index (χ2v) is 10.3. The highest BCUT2D eigenvalue weighted by Crippen LogP contribution is 2.36. The predicted octanol–water partition coefficient (Wildman–Crippen LogP) is 8.43. The van der Waals surface area contributed by atoms with E-state index in [9.17, 15) is 0 Å². The van der Waals surface area contributed by atoms with Crippen LogP contribution in [-0.2, 0) is 0 Å². The maximum absolute atomic E-state index is 5.04. The van der Waals surface area contributed by atoms with Crippen LogP contribution in [-0.4, -0.2) is 16.2 Å². The van der Waals surface area contributed by atoms with Crippen molar-refractivity contribution in [3.8, 4) is 5.69 Å². The van der Waals surface area contributed by atoms with Crippen LogP contribution in [0.15, 0.2) is 156 Å². The fourth-order valence-electron chi connectivity index (χ4n) is 5.91. The van der Waals surface area contributed by atoms with Crippen molar-refractivity contribution in [2.75, 3.05) is 0 Å². The molecule has 2 heterocycles. The second-order valence-electron chi connectivity index (χ2n) is 10.3. The van der Waals surface area contributed by atoms with Gasteiger partial charge in [-0.1, -0.05) is 127 Å². The summed E-state index contributed by atoms with van der Waals surface area (Å²) in [5.41, 5.74) is 6.60. The summed E-state index contributed by atoms with van der Waals surface area (Å²) in [6, 6.07) is 50.9. The van der Waals surface area contributed by atoms with Crippen molar-refractivity contribution in [1.82, 2.24) is 9.88 Å². The first-order valence-electron chi connectivity index (χ1n) is 13.9. The highest BCUT2D eigenvalue weighted by molar-refractivity contribution is 6.19. The highest BCUT2D eigenvalue weighted by atomic mass is 15.2.